The largest absolute Gasteiger partial charge is 0.395 e. The molecule has 0 aromatic carbocycles. The molecular weight excluding hydrogens is 329 g/mol. The Morgan fingerprint density at radius 3 is 2.76 bits per heavy atom. The van der Waals surface area contributed by atoms with Gasteiger partial charge in [-0.1, -0.05) is 13.0 Å². The number of aliphatic hydroxyl groups is 3. The van der Waals surface area contributed by atoms with Crippen LogP contribution in [-0.2, 0) is 11.2 Å². The molecule has 140 valence electrons. The quantitative estimate of drug-likeness (QED) is 0.489. The highest BCUT2D eigenvalue weighted by Crippen LogP contribution is 2.20. The number of pyridine rings is 1. The summed E-state index contributed by atoms with van der Waals surface area (Å²) in [6.07, 6.45) is 0.893. The number of carbonyl (C=O) groups is 1. The highest BCUT2D eigenvalue weighted by Gasteiger charge is 2.41. The van der Waals surface area contributed by atoms with Gasteiger partial charge in [0, 0.05) is 19.2 Å². The average Bonchev–Trinajstić information content (AvgIpc) is 2.61. The van der Waals surface area contributed by atoms with Crippen LogP contribution in [0.25, 0.3) is 0 Å². The molecule has 7 nitrogen and oxygen atoms in total. The highest BCUT2D eigenvalue weighted by molar-refractivity contribution is 5.75. The summed E-state index contributed by atoms with van der Waals surface area (Å²) in [6, 6.07) is 1.81. The molecule has 1 amide bonds. The van der Waals surface area contributed by atoms with Gasteiger partial charge in [0.25, 0.3) is 0 Å². The average molecular weight is 355 g/mol. The molecule has 0 radical (unpaired) electrons. The predicted octanol–water partition coefficient (Wildman–Crippen LogP) is -0.554. The monoisotopic (exact) mass is 355 g/mol. The van der Waals surface area contributed by atoms with E-state index in [1.807, 2.05) is 4.90 Å². The van der Waals surface area contributed by atoms with Crippen LogP contribution in [0.3, 0.4) is 0 Å². The van der Waals surface area contributed by atoms with Gasteiger partial charge in [0.2, 0.25) is 11.9 Å². The molecule has 1 fully saturated rings. The molecule has 0 bridgehead atoms. The Balaban J connectivity index is 1.95. The Kier molecular flexibility index (Phi) is 7.24. The second kappa shape index (κ2) is 9.19. The fourth-order valence-electron chi connectivity index (χ4n) is 3.14. The van der Waals surface area contributed by atoms with Crippen LogP contribution in [0.5, 0.6) is 0 Å². The SMILES string of the molecule is CCC(=O)N[C@H]1CN(CCCc2ccc(F)nc2)[C@H](CO)[C@@H](O)[C@@H]1O. The van der Waals surface area contributed by atoms with Crippen molar-refractivity contribution in [3.05, 3.63) is 29.8 Å². The number of aryl methyl sites for hydroxylation is 1. The lowest BCUT2D eigenvalue weighted by molar-refractivity contribution is -0.130. The van der Waals surface area contributed by atoms with Crippen LogP contribution in [0, 0.1) is 5.95 Å². The lowest BCUT2D eigenvalue weighted by atomic mass is 9.92. The van der Waals surface area contributed by atoms with Crippen LogP contribution in [0.15, 0.2) is 18.3 Å². The number of rotatable bonds is 7. The van der Waals surface area contributed by atoms with E-state index < -0.39 is 30.2 Å². The van der Waals surface area contributed by atoms with Gasteiger partial charge in [0.05, 0.1) is 24.8 Å². The lowest BCUT2D eigenvalue weighted by Gasteiger charge is -2.45. The van der Waals surface area contributed by atoms with Gasteiger partial charge in [-0.05, 0) is 31.0 Å². The molecule has 4 atom stereocenters. The number of carbonyl (C=O) groups excluding carboxylic acids is 1. The zero-order valence-corrected chi connectivity index (χ0v) is 14.3. The van der Waals surface area contributed by atoms with Crippen molar-refractivity contribution in [1.82, 2.24) is 15.2 Å². The fraction of sp³-hybridized carbons (Fsp3) is 0.647. The number of aliphatic hydroxyl groups excluding tert-OH is 3. The molecule has 0 unspecified atom stereocenters. The summed E-state index contributed by atoms with van der Waals surface area (Å²) in [6.45, 7) is 2.33. The summed E-state index contributed by atoms with van der Waals surface area (Å²) in [7, 11) is 0. The number of hydrogen-bond acceptors (Lipinski definition) is 6. The number of nitrogens with one attached hydrogen (secondary N) is 1. The van der Waals surface area contributed by atoms with Crippen LogP contribution in [0.4, 0.5) is 4.39 Å². The molecule has 25 heavy (non-hydrogen) atoms. The minimum atomic E-state index is -1.15. The van der Waals surface area contributed by atoms with Crippen LogP contribution in [-0.4, -0.2) is 75.1 Å². The summed E-state index contributed by atoms with van der Waals surface area (Å²) in [5.74, 6) is -0.720. The van der Waals surface area contributed by atoms with Gasteiger partial charge in [-0.3, -0.25) is 9.69 Å². The summed E-state index contributed by atoms with van der Waals surface area (Å²) < 4.78 is 12.8. The number of hydrogen-bond donors (Lipinski definition) is 4. The van der Waals surface area contributed by atoms with E-state index in [4.69, 9.17) is 0 Å². The third kappa shape index (κ3) is 5.18. The Bertz CT molecular complexity index is 557. The molecule has 4 N–H and O–H groups in total. The van der Waals surface area contributed by atoms with Gasteiger partial charge in [0.1, 0.15) is 6.10 Å². The molecule has 1 aromatic heterocycles. The van der Waals surface area contributed by atoms with Crippen LogP contribution < -0.4 is 5.32 Å². The lowest BCUT2D eigenvalue weighted by Crippen LogP contribution is -2.66. The molecule has 0 aliphatic carbocycles. The molecule has 0 spiro atoms. The van der Waals surface area contributed by atoms with Crippen LogP contribution in [0.1, 0.15) is 25.3 Å². The molecule has 1 aromatic rings. The number of aromatic nitrogens is 1. The smallest absolute Gasteiger partial charge is 0.220 e. The van der Waals surface area contributed by atoms with Crippen molar-refractivity contribution < 1.29 is 24.5 Å². The second-order valence-electron chi connectivity index (χ2n) is 6.35. The van der Waals surface area contributed by atoms with E-state index in [-0.39, 0.29) is 12.5 Å². The van der Waals surface area contributed by atoms with Crippen LogP contribution >= 0.6 is 0 Å². The number of likely N-dealkylation sites (tertiary alicyclic amines) is 1. The first-order valence-corrected chi connectivity index (χ1v) is 8.57. The predicted molar refractivity (Wildman–Crippen MR) is 89.2 cm³/mol. The third-order valence-electron chi connectivity index (χ3n) is 4.61. The molecular formula is C17H26FN3O4. The first-order chi connectivity index (χ1) is 12.0. The molecule has 1 saturated heterocycles. The maximum absolute atomic E-state index is 12.8. The van der Waals surface area contributed by atoms with Gasteiger partial charge in [-0.15, -0.1) is 0 Å². The summed E-state index contributed by atoms with van der Waals surface area (Å²) in [4.78, 5) is 17.1. The van der Waals surface area contributed by atoms with Crippen LogP contribution in [0.2, 0.25) is 0 Å². The Morgan fingerprint density at radius 1 is 1.40 bits per heavy atom. The molecule has 1 aliphatic heterocycles. The molecule has 1 aliphatic rings. The fourth-order valence-corrected chi connectivity index (χ4v) is 3.14. The molecule has 8 heteroatoms. The summed E-state index contributed by atoms with van der Waals surface area (Å²) >= 11 is 0. The number of nitrogens with zero attached hydrogens (tertiary/aromatic N) is 2. The van der Waals surface area contributed by atoms with Crippen molar-refractivity contribution in [3.8, 4) is 0 Å². The molecule has 2 rings (SSSR count). The Labute approximate surface area is 146 Å². The van der Waals surface area contributed by atoms with Gasteiger partial charge in [-0.2, -0.15) is 4.39 Å². The third-order valence-corrected chi connectivity index (χ3v) is 4.61. The van der Waals surface area contributed by atoms with Crippen molar-refractivity contribution in [3.63, 3.8) is 0 Å². The minimum absolute atomic E-state index is 0.198. The number of halogens is 1. The topological polar surface area (TPSA) is 106 Å². The van der Waals surface area contributed by atoms with Crippen molar-refractivity contribution in [2.75, 3.05) is 19.7 Å². The second-order valence-corrected chi connectivity index (χ2v) is 6.35. The minimum Gasteiger partial charge on any atom is -0.395 e. The first kappa shape index (κ1) is 19.7. The van der Waals surface area contributed by atoms with E-state index in [2.05, 4.69) is 10.3 Å². The summed E-state index contributed by atoms with van der Waals surface area (Å²) in [5.41, 5.74) is 0.898. The highest BCUT2D eigenvalue weighted by atomic mass is 19.1. The van der Waals surface area contributed by atoms with Gasteiger partial charge in [-0.25, -0.2) is 4.98 Å². The van der Waals surface area contributed by atoms with Crippen molar-refractivity contribution in [2.24, 2.45) is 0 Å². The standard InChI is InChI=1S/C17H26FN3O4/c1-2-15(23)20-12-9-21(13(10-22)17(25)16(12)24)7-3-4-11-5-6-14(18)19-8-11/h5-6,8,12-13,16-17,22,24-25H,2-4,7,9-10H2,1H3,(H,20,23)/t12-,13+,16+,17+/m0/s1. The molecule has 2 heterocycles. The Morgan fingerprint density at radius 2 is 2.16 bits per heavy atom. The van der Waals surface area contributed by atoms with E-state index in [1.165, 1.54) is 12.3 Å². The van der Waals surface area contributed by atoms with Crippen molar-refractivity contribution >= 4 is 5.91 Å². The zero-order chi connectivity index (χ0) is 18.4. The maximum atomic E-state index is 12.8. The normalized spacial score (nSPS) is 27.2. The van der Waals surface area contributed by atoms with E-state index in [1.54, 1.807) is 13.0 Å². The van der Waals surface area contributed by atoms with E-state index >= 15 is 0 Å². The number of piperidine rings is 1. The Hall–Kier alpha value is -1.61. The van der Waals surface area contributed by atoms with Crippen molar-refractivity contribution in [2.45, 2.75) is 50.5 Å². The first-order valence-electron chi connectivity index (χ1n) is 8.57. The van der Waals surface area contributed by atoms with E-state index in [0.29, 0.717) is 32.4 Å². The van der Waals surface area contributed by atoms with Gasteiger partial charge >= 0.3 is 0 Å². The van der Waals surface area contributed by atoms with E-state index in [9.17, 15) is 24.5 Å². The summed E-state index contributed by atoms with van der Waals surface area (Å²) in [5, 5.41) is 32.7. The number of amides is 1. The van der Waals surface area contributed by atoms with Crippen molar-refractivity contribution in [1.29, 1.82) is 0 Å². The molecule has 0 saturated carbocycles. The maximum Gasteiger partial charge on any atom is 0.220 e. The van der Waals surface area contributed by atoms with Gasteiger partial charge in [0.15, 0.2) is 0 Å². The van der Waals surface area contributed by atoms with Gasteiger partial charge < -0.3 is 20.6 Å². The zero-order valence-electron chi connectivity index (χ0n) is 14.3. The van der Waals surface area contributed by atoms with E-state index in [0.717, 1.165) is 5.56 Å².